The highest BCUT2D eigenvalue weighted by Gasteiger charge is 2.22. The molecule has 0 aliphatic rings. The highest BCUT2D eigenvalue weighted by molar-refractivity contribution is 6.32. The van der Waals surface area contributed by atoms with Crippen LogP contribution >= 0.6 is 11.6 Å². The van der Waals surface area contributed by atoms with Crippen molar-refractivity contribution in [1.82, 2.24) is 9.78 Å². The van der Waals surface area contributed by atoms with Gasteiger partial charge in [0.15, 0.2) is 17.9 Å². The first-order valence-corrected chi connectivity index (χ1v) is 6.84. The van der Waals surface area contributed by atoms with Crippen molar-refractivity contribution in [1.29, 1.82) is 0 Å². The zero-order valence-electron chi connectivity index (χ0n) is 11.4. The van der Waals surface area contributed by atoms with Gasteiger partial charge in [-0.05, 0) is 30.3 Å². The molecule has 7 heteroatoms. The molecule has 116 valence electrons. The summed E-state index contributed by atoms with van der Waals surface area (Å²) < 4.78 is 41.8. The zero-order chi connectivity index (χ0) is 16.6. The Kier molecular flexibility index (Phi) is 3.92. The van der Waals surface area contributed by atoms with Crippen molar-refractivity contribution < 1.29 is 18.0 Å². The summed E-state index contributed by atoms with van der Waals surface area (Å²) >= 11 is 6.09. The fraction of sp³-hybridized carbons (Fsp3) is 0. The highest BCUT2D eigenvalue weighted by Crippen LogP contribution is 2.31. The first-order chi connectivity index (χ1) is 11.0. The lowest BCUT2D eigenvalue weighted by atomic mass is 10.1. The second-order valence-electron chi connectivity index (χ2n) is 4.66. The molecule has 0 N–H and O–H groups in total. The van der Waals surface area contributed by atoms with Crippen molar-refractivity contribution in [3.63, 3.8) is 0 Å². The summed E-state index contributed by atoms with van der Waals surface area (Å²) in [4.78, 5) is 11.3. The second-order valence-corrected chi connectivity index (χ2v) is 5.02. The van der Waals surface area contributed by atoms with E-state index < -0.39 is 17.5 Å². The van der Waals surface area contributed by atoms with Crippen LogP contribution in [0.4, 0.5) is 13.2 Å². The van der Waals surface area contributed by atoms with Gasteiger partial charge in [0, 0.05) is 5.56 Å². The van der Waals surface area contributed by atoms with Crippen LogP contribution in [0.25, 0.3) is 16.9 Å². The molecule has 1 aromatic heterocycles. The van der Waals surface area contributed by atoms with E-state index in [0.717, 1.165) is 16.8 Å². The molecule has 1 heterocycles. The standard InChI is InChI=1S/C16H8ClF3N2O/c17-16-12(8-23)15(11-5-2-6-13(19)14(11)20)21-22(16)10-4-1-3-9(18)7-10/h1-8H. The summed E-state index contributed by atoms with van der Waals surface area (Å²) in [6.07, 6.45) is 0.394. The Morgan fingerprint density at radius 2 is 1.83 bits per heavy atom. The maximum atomic E-state index is 14.0. The fourth-order valence-electron chi connectivity index (χ4n) is 2.18. The van der Waals surface area contributed by atoms with Crippen molar-refractivity contribution in [2.75, 3.05) is 0 Å². The zero-order valence-corrected chi connectivity index (χ0v) is 12.2. The first-order valence-electron chi connectivity index (χ1n) is 6.47. The number of rotatable bonds is 3. The smallest absolute Gasteiger partial charge is 0.168 e. The number of aromatic nitrogens is 2. The minimum absolute atomic E-state index is 0.111. The monoisotopic (exact) mass is 336 g/mol. The number of carbonyl (C=O) groups is 1. The molecule has 0 saturated heterocycles. The fourth-order valence-corrected chi connectivity index (χ4v) is 2.45. The average molecular weight is 337 g/mol. The first kappa shape index (κ1) is 15.3. The maximum Gasteiger partial charge on any atom is 0.168 e. The molecule has 23 heavy (non-hydrogen) atoms. The predicted octanol–water partition coefficient (Wildman–Crippen LogP) is 4.42. The van der Waals surface area contributed by atoms with Crippen molar-refractivity contribution in [2.24, 2.45) is 0 Å². The SMILES string of the molecule is O=Cc1c(-c2cccc(F)c2F)nn(-c2cccc(F)c2)c1Cl. The number of benzene rings is 2. The predicted molar refractivity (Wildman–Crippen MR) is 79.3 cm³/mol. The molecule has 0 spiro atoms. The normalized spacial score (nSPS) is 10.8. The molecule has 0 amide bonds. The molecule has 0 radical (unpaired) electrons. The Balaban J connectivity index is 2.25. The van der Waals surface area contributed by atoms with Crippen LogP contribution in [0.2, 0.25) is 5.15 Å². The maximum absolute atomic E-state index is 14.0. The minimum Gasteiger partial charge on any atom is -0.298 e. The van der Waals surface area contributed by atoms with Crippen molar-refractivity contribution in [3.05, 3.63) is 70.6 Å². The van der Waals surface area contributed by atoms with Crippen LogP contribution < -0.4 is 0 Å². The summed E-state index contributed by atoms with van der Waals surface area (Å²) in [5.74, 6) is -2.74. The van der Waals surface area contributed by atoms with Gasteiger partial charge < -0.3 is 0 Å². The third-order valence-corrected chi connectivity index (χ3v) is 3.60. The molecule has 3 rings (SSSR count). The Morgan fingerprint density at radius 1 is 1.09 bits per heavy atom. The van der Waals surface area contributed by atoms with Crippen molar-refractivity contribution in [2.45, 2.75) is 0 Å². The molecule has 2 aromatic carbocycles. The Morgan fingerprint density at radius 3 is 2.52 bits per heavy atom. The van der Waals surface area contributed by atoms with Gasteiger partial charge in [-0.1, -0.05) is 23.7 Å². The van der Waals surface area contributed by atoms with Gasteiger partial charge in [-0.3, -0.25) is 4.79 Å². The van der Waals surface area contributed by atoms with Gasteiger partial charge in [0.2, 0.25) is 0 Å². The summed E-state index contributed by atoms with van der Waals surface area (Å²) in [7, 11) is 0. The van der Waals surface area contributed by atoms with Crippen molar-refractivity contribution in [3.8, 4) is 16.9 Å². The van der Waals surface area contributed by atoms with Crippen LogP contribution in [-0.2, 0) is 0 Å². The Labute approximate surface area is 133 Å². The van der Waals surface area contributed by atoms with Gasteiger partial charge >= 0.3 is 0 Å². The largest absolute Gasteiger partial charge is 0.298 e. The molecular weight excluding hydrogens is 329 g/mol. The van der Waals surface area contributed by atoms with Crippen LogP contribution in [-0.4, -0.2) is 16.1 Å². The number of carbonyl (C=O) groups excluding carboxylic acids is 1. The molecule has 0 unspecified atom stereocenters. The third-order valence-electron chi connectivity index (χ3n) is 3.24. The van der Waals surface area contributed by atoms with Crippen LogP contribution in [0.5, 0.6) is 0 Å². The summed E-state index contributed by atoms with van der Waals surface area (Å²) in [6, 6.07) is 8.85. The van der Waals surface area contributed by atoms with Gasteiger partial charge in [0.1, 0.15) is 16.7 Å². The quantitative estimate of drug-likeness (QED) is 0.663. The number of halogens is 4. The molecule has 3 nitrogen and oxygen atoms in total. The Bertz CT molecular complexity index is 908. The number of hydrogen-bond acceptors (Lipinski definition) is 2. The Hall–Kier alpha value is -2.60. The van der Waals surface area contributed by atoms with Gasteiger partial charge in [0.05, 0.1) is 11.3 Å². The van der Waals surface area contributed by atoms with E-state index in [9.17, 15) is 18.0 Å². The van der Waals surface area contributed by atoms with Gasteiger partial charge in [-0.25, -0.2) is 17.9 Å². The van der Waals surface area contributed by atoms with Crippen LogP contribution in [0.15, 0.2) is 42.5 Å². The van der Waals surface area contributed by atoms with Crippen LogP contribution in [0, 0.1) is 17.5 Å². The van der Waals surface area contributed by atoms with E-state index >= 15 is 0 Å². The molecule has 0 bridgehead atoms. The molecule has 0 atom stereocenters. The molecule has 3 aromatic rings. The lowest BCUT2D eigenvalue weighted by Crippen LogP contribution is -1.98. The van der Waals surface area contributed by atoms with Gasteiger partial charge in [-0.15, -0.1) is 0 Å². The van der Waals surface area contributed by atoms with Crippen molar-refractivity contribution >= 4 is 17.9 Å². The van der Waals surface area contributed by atoms with E-state index in [0.29, 0.717) is 6.29 Å². The molecule has 0 aliphatic carbocycles. The summed E-state index contributed by atoms with van der Waals surface area (Å²) in [5.41, 5.74) is -0.183. The summed E-state index contributed by atoms with van der Waals surface area (Å²) in [6.45, 7) is 0. The van der Waals surface area contributed by atoms with Crippen LogP contribution in [0.3, 0.4) is 0 Å². The lowest BCUT2D eigenvalue weighted by Gasteiger charge is -2.03. The average Bonchev–Trinajstić information content (AvgIpc) is 2.86. The summed E-state index contributed by atoms with van der Waals surface area (Å²) in [5, 5.41) is 3.92. The van der Waals surface area contributed by atoms with E-state index in [1.54, 1.807) is 0 Å². The third kappa shape index (κ3) is 2.61. The lowest BCUT2D eigenvalue weighted by molar-refractivity contribution is 0.112. The van der Waals surface area contributed by atoms with E-state index in [1.165, 1.54) is 30.3 Å². The van der Waals surface area contributed by atoms with E-state index in [-0.39, 0.29) is 27.7 Å². The second kappa shape index (κ2) is 5.89. The molecule has 0 aliphatic heterocycles. The van der Waals surface area contributed by atoms with Crippen LogP contribution in [0.1, 0.15) is 10.4 Å². The van der Waals surface area contributed by atoms with Gasteiger partial charge in [-0.2, -0.15) is 5.10 Å². The highest BCUT2D eigenvalue weighted by atomic mass is 35.5. The minimum atomic E-state index is -1.14. The number of aldehydes is 1. The molecule has 0 fully saturated rings. The molecular formula is C16H8ClF3N2O. The van der Waals surface area contributed by atoms with E-state index in [4.69, 9.17) is 11.6 Å². The number of hydrogen-bond donors (Lipinski definition) is 0. The van der Waals surface area contributed by atoms with Gasteiger partial charge in [0.25, 0.3) is 0 Å². The topological polar surface area (TPSA) is 34.9 Å². The van der Waals surface area contributed by atoms with E-state index in [1.807, 2.05) is 0 Å². The van der Waals surface area contributed by atoms with E-state index in [2.05, 4.69) is 5.10 Å². The molecule has 0 saturated carbocycles. The number of nitrogens with zero attached hydrogens (tertiary/aromatic N) is 2.